The molecule has 0 aliphatic rings. The van der Waals surface area contributed by atoms with Crippen LogP contribution >= 0.6 is 0 Å². The van der Waals surface area contributed by atoms with Gasteiger partial charge in [-0.25, -0.2) is 0 Å². The van der Waals surface area contributed by atoms with E-state index in [9.17, 15) is 33.6 Å². The van der Waals surface area contributed by atoms with E-state index in [0.29, 0.717) is 122 Å². The number of nitrogens with one attached hydrogen (secondary N) is 6. The Kier molecular flexibility index (Phi) is 35.6. The first-order chi connectivity index (χ1) is 46.4. The third-order valence-electron chi connectivity index (χ3n) is 16.9. The molecule has 0 saturated heterocycles. The smallest absolute Gasteiger partial charge is 0.245 e. The Morgan fingerprint density at radius 1 is 0.406 bits per heavy atom. The highest BCUT2D eigenvalue weighted by atomic mass is 16.2. The zero-order valence-electron chi connectivity index (χ0n) is 56.5. The Morgan fingerprint density at radius 2 is 0.802 bits per heavy atom. The first kappa shape index (κ1) is 78.3. The maximum atomic E-state index is 15.5. The van der Waals surface area contributed by atoms with Crippen LogP contribution in [0.3, 0.4) is 0 Å². The van der Waals surface area contributed by atoms with Gasteiger partial charge in [-0.1, -0.05) is 128 Å². The first-order valence-corrected chi connectivity index (χ1v) is 34.3. The molecule has 5 aromatic rings. The molecule has 18 N–H and O–H groups in total. The van der Waals surface area contributed by atoms with Gasteiger partial charge in [0.1, 0.15) is 30.2 Å². The topological polar surface area (TPSA) is 392 Å². The van der Waals surface area contributed by atoms with E-state index in [0.717, 1.165) is 38.2 Å². The van der Waals surface area contributed by atoms with Gasteiger partial charge >= 0.3 is 0 Å². The summed E-state index contributed by atoms with van der Waals surface area (Å²) >= 11 is 0. The number of benzene rings is 5. The van der Waals surface area contributed by atoms with Crippen molar-refractivity contribution in [3.05, 3.63) is 131 Å². The number of primary amides is 1. The van der Waals surface area contributed by atoms with Gasteiger partial charge in [0.05, 0.1) is 26.2 Å². The molecule has 0 aromatic heterocycles. The Balaban J connectivity index is 1.43. The number of nitrogens with zero attached hydrogens (tertiary/aromatic N) is 3. The quantitative estimate of drug-likeness (QED) is 0.0248. The van der Waals surface area contributed by atoms with Crippen LogP contribution in [0.1, 0.15) is 138 Å². The number of fused-ring (bicyclic) bond motifs is 2. The molecule has 0 spiro atoms. The number of unbranched alkanes of at least 4 members (excludes halogenated alkanes) is 6. The molecule has 0 saturated carbocycles. The molecule has 524 valence electrons. The minimum atomic E-state index is -1.24. The van der Waals surface area contributed by atoms with E-state index >= 15 is 9.59 Å². The third-order valence-corrected chi connectivity index (χ3v) is 16.9. The summed E-state index contributed by atoms with van der Waals surface area (Å²) in [5.74, 6) is -5.48. The SMILES string of the molecule is CCCCN(CC(=O)N[C@@H](CCCCN)C(=O)N[C@@H](CCCCN)C(N)=O)C(=O)[C@H](CCCCN)NC(=O)CN(Cc1cccc2ccccc12)C(=O)[C@H](CCCCN)NC(=O)CN(Cc1ccc(C)cc1)C(=O)[C@H](CCCCN)NC(=O)CNCc1cccc2ccccc12. The molecule has 0 bridgehead atoms. The molecule has 0 heterocycles. The number of hydrogen-bond acceptors (Lipinski definition) is 15. The van der Waals surface area contributed by atoms with E-state index in [1.165, 1.54) is 14.7 Å². The van der Waals surface area contributed by atoms with Crippen LogP contribution in [0, 0.1) is 6.92 Å². The normalized spacial score (nSPS) is 12.8. The third kappa shape index (κ3) is 27.0. The Hall–Kier alpha value is -8.39. The van der Waals surface area contributed by atoms with Gasteiger partial charge in [-0.2, -0.15) is 0 Å². The number of hydrogen-bond donors (Lipinski definition) is 12. The number of aryl methyl sites for hydroxylation is 1. The second kappa shape index (κ2) is 43.6. The number of amides is 9. The number of rotatable bonds is 47. The van der Waals surface area contributed by atoms with Crippen LogP contribution in [0.5, 0.6) is 0 Å². The summed E-state index contributed by atoms with van der Waals surface area (Å²) < 4.78 is 0. The molecule has 0 aliphatic carbocycles. The molecule has 9 amide bonds. The lowest BCUT2D eigenvalue weighted by molar-refractivity contribution is -0.143. The van der Waals surface area contributed by atoms with E-state index in [2.05, 4.69) is 31.9 Å². The van der Waals surface area contributed by atoms with Gasteiger partial charge in [0, 0.05) is 26.2 Å². The van der Waals surface area contributed by atoms with Crippen molar-refractivity contribution in [2.24, 2.45) is 34.4 Å². The summed E-state index contributed by atoms with van der Waals surface area (Å²) in [7, 11) is 0. The molecular formula is C72H107N15O9. The zero-order valence-corrected chi connectivity index (χ0v) is 56.5. The fourth-order valence-electron chi connectivity index (χ4n) is 11.6. The number of carbonyl (C=O) groups is 9. The monoisotopic (exact) mass is 1330 g/mol. The van der Waals surface area contributed by atoms with Crippen LogP contribution in [-0.2, 0) is 62.8 Å². The minimum Gasteiger partial charge on any atom is -0.368 e. The van der Waals surface area contributed by atoms with Crippen LogP contribution in [0.2, 0.25) is 0 Å². The van der Waals surface area contributed by atoms with Crippen molar-refractivity contribution in [3.8, 4) is 0 Å². The molecule has 24 heteroatoms. The minimum absolute atomic E-state index is 0.0119. The lowest BCUT2D eigenvalue weighted by Gasteiger charge is -2.31. The summed E-state index contributed by atoms with van der Waals surface area (Å²) in [6.45, 7) is 4.31. The zero-order chi connectivity index (χ0) is 69.6. The average molecular weight is 1330 g/mol. The fourth-order valence-corrected chi connectivity index (χ4v) is 11.6. The van der Waals surface area contributed by atoms with Gasteiger partial charge in [0.25, 0.3) is 0 Å². The fraction of sp³-hybridized carbons (Fsp3) is 0.514. The van der Waals surface area contributed by atoms with Crippen molar-refractivity contribution < 1.29 is 43.2 Å². The predicted molar refractivity (Wildman–Crippen MR) is 376 cm³/mol. The maximum absolute atomic E-state index is 15.5. The summed E-state index contributed by atoms with van der Waals surface area (Å²) in [6.07, 6.45) is 7.13. The first-order valence-electron chi connectivity index (χ1n) is 34.3. The van der Waals surface area contributed by atoms with Crippen LogP contribution in [0.4, 0.5) is 0 Å². The highest BCUT2D eigenvalue weighted by molar-refractivity contribution is 5.97. The van der Waals surface area contributed by atoms with Gasteiger partial charge in [-0.05, 0) is 181 Å². The van der Waals surface area contributed by atoms with E-state index in [1.807, 2.05) is 123 Å². The van der Waals surface area contributed by atoms with Crippen molar-refractivity contribution in [2.45, 2.75) is 173 Å². The Labute approximate surface area is 566 Å². The summed E-state index contributed by atoms with van der Waals surface area (Å²) in [5.41, 5.74) is 38.4. The van der Waals surface area contributed by atoms with Crippen molar-refractivity contribution in [2.75, 3.05) is 65.4 Å². The molecule has 0 fully saturated rings. The van der Waals surface area contributed by atoms with Crippen LogP contribution in [-0.4, -0.2) is 164 Å². The summed E-state index contributed by atoms with van der Waals surface area (Å²) in [4.78, 5) is 133. The van der Waals surface area contributed by atoms with E-state index in [4.69, 9.17) is 34.4 Å². The van der Waals surface area contributed by atoms with E-state index < -0.39 is 103 Å². The second-order valence-corrected chi connectivity index (χ2v) is 24.7. The lowest BCUT2D eigenvalue weighted by atomic mass is 10.0. The highest BCUT2D eigenvalue weighted by Gasteiger charge is 2.34. The van der Waals surface area contributed by atoms with Crippen LogP contribution < -0.4 is 66.3 Å². The molecule has 24 nitrogen and oxygen atoms in total. The van der Waals surface area contributed by atoms with Gasteiger partial charge in [0.15, 0.2) is 0 Å². The Bertz CT molecular complexity index is 3250. The molecule has 5 atom stereocenters. The summed E-state index contributed by atoms with van der Waals surface area (Å²) in [5, 5.41) is 21.3. The van der Waals surface area contributed by atoms with Crippen LogP contribution in [0.25, 0.3) is 21.5 Å². The average Bonchev–Trinajstić information content (AvgIpc) is 0.836. The molecule has 96 heavy (non-hydrogen) atoms. The van der Waals surface area contributed by atoms with E-state index in [-0.39, 0.29) is 58.3 Å². The summed E-state index contributed by atoms with van der Waals surface area (Å²) in [6, 6.07) is 29.1. The van der Waals surface area contributed by atoms with Gasteiger partial charge < -0.3 is 81.0 Å². The molecule has 5 aromatic carbocycles. The lowest BCUT2D eigenvalue weighted by Crippen LogP contribution is -2.57. The van der Waals surface area contributed by atoms with Crippen molar-refractivity contribution in [1.82, 2.24) is 46.6 Å². The Morgan fingerprint density at radius 3 is 1.28 bits per heavy atom. The van der Waals surface area contributed by atoms with Gasteiger partial charge in [0.2, 0.25) is 53.2 Å². The maximum Gasteiger partial charge on any atom is 0.245 e. The molecule has 0 aliphatic heterocycles. The standard InChI is InChI=1S/C72H107N15O9/c1-3-4-43-85(48-65(89)80-60(30-10-15-39-74)69(93)84-59(68(78)92)29-9-14-38-73)70(94)61(31-11-16-40-75)82-67(91)50-87(47-56-26-20-24-54-22-6-8-28-58(54)56)72(96)63(33-13-18-42-77)83-66(90)49-86(46-52-36-34-51(2)35-37-52)71(95)62(32-12-17-41-76)81-64(88)45-79-44-55-25-19-23-53-21-5-7-27-57(53)55/h5-8,19-28,34-37,59-63,79H,3-4,9-18,29-33,38-50,73-77H2,1-2H3,(H2,78,92)(H,80,89)(H,81,88)(H,82,91)(H,83,90)(H,84,93)/t59-,60-,61-,62-,63-/m0/s1. The molecule has 0 radical (unpaired) electrons. The van der Waals surface area contributed by atoms with Gasteiger partial charge in [-0.3, -0.25) is 43.2 Å². The molecule has 0 unspecified atom stereocenters. The van der Waals surface area contributed by atoms with Crippen molar-refractivity contribution in [1.29, 1.82) is 0 Å². The second-order valence-electron chi connectivity index (χ2n) is 24.7. The predicted octanol–water partition coefficient (Wildman–Crippen LogP) is 3.63. The highest BCUT2D eigenvalue weighted by Crippen LogP contribution is 2.23. The number of carbonyl (C=O) groups excluding carboxylic acids is 9. The molecule has 5 rings (SSSR count). The van der Waals surface area contributed by atoms with E-state index in [1.54, 1.807) is 0 Å². The number of nitrogens with two attached hydrogens (primary N) is 6. The largest absolute Gasteiger partial charge is 0.368 e. The van der Waals surface area contributed by atoms with Crippen LogP contribution in [0.15, 0.2) is 109 Å². The molecular weight excluding hydrogens is 1220 g/mol. The van der Waals surface area contributed by atoms with Crippen molar-refractivity contribution >= 4 is 74.7 Å². The van der Waals surface area contributed by atoms with Gasteiger partial charge in [-0.15, -0.1) is 0 Å². The van der Waals surface area contributed by atoms with Crippen molar-refractivity contribution in [3.63, 3.8) is 0 Å².